The number of nitrogens with zero attached hydrogens (tertiary/aromatic N) is 2. The van der Waals surface area contributed by atoms with Crippen molar-refractivity contribution in [3.63, 3.8) is 0 Å². The third-order valence-corrected chi connectivity index (χ3v) is 4.32. The Labute approximate surface area is 147 Å². The maximum absolute atomic E-state index is 12.1. The molecule has 1 unspecified atom stereocenters. The van der Waals surface area contributed by atoms with E-state index in [1.165, 1.54) is 0 Å². The second-order valence-electron chi connectivity index (χ2n) is 5.45. The first kappa shape index (κ1) is 19.8. The monoisotopic (exact) mass is 356 g/mol. The fourth-order valence-electron chi connectivity index (χ4n) is 2.37. The number of amides is 1. The van der Waals surface area contributed by atoms with Crippen LogP contribution in [0.5, 0.6) is 0 Å². The number of thioether (sulfide) groups is 1. The van der Waals surface area contributed by atoms with Gasteiger partial charge in [0.25, 0.3) is 0 Å². The highest BCUT2D eigenvalue weighted by Gasteiger charge is 2.17. The molecular weight excluding hydrogens is 332 g/mol. The van der Waals surface area contributed by atoms with Gasteiger partial charge in [0, 0.05) is 20.0 Å². The van der Waals surface area contributed by atoms with Gasteiger partial charge in [-0.2, -0.15) is 11.8 Å². The number of halogens is 1. The lowest BCUT2D eigenvalue weighted by Gasteiger charge is -2.20. The van der Waals surface area contributed by atoms with Crippen LogP contribution in [-0.2, 0) is 11.2 Å². The summed E-state index contributed by atoms with van der Waals surface area (Å²) in [7, 11) is 1.82. The molecule has 1 amide bonds. The SMILES string of the molecule is CSCCC(N)C(=O)N(C)CCCc1nc2ccccc2[nH]1.Cl. The Balaban J connectivity index is 0.00000264. The number of aromatic amines is 1. The number of benzene rings is 1. The van der Waals surface area contributed by atoms with Gasteiger partial charge in [-0.15, -0.1) is 12.4 Å². The van der Waals surface area contributed by atoms with Crippen molar-refractivity contribution >= 4 is 41.1 Å². The van der Waals surface area contributed by atoms with Crippen LogP contribution in [0.15, 0.2) is 24.3 Å². The number of fused-ring (bicyclic) bond motifs is 1. The van der Waals surface area contributed by atoms with Crippen LogP contribution in [0, 0.1) is 0 Å². The molecule has 2 rings (SSSR count). The van der Waals surface area contributed by atoms with Crippen LogP contribution < -0.4 is 5.73 Å². The van der Waals surface area contributed by atoms with Crippen molar-refractivity contribution in [3.05, 3.63) is 30.1 Å². The van der Waals surface area contributed by atoms with Crippen LogP contribution in [0.3, 0.4) is 0 Å². The molecule has 1 aromatic heterocycles. The van der Waals surface area contributed by atoms with Gasteiger partial charge in [-0.25, -0.2) is 4.98 Å². The first-order valence-corrected chi connectivity index (χ1v) is 8.94. The summed E-state index contributed by atoms with van der Waals surface area (Å²) in [5.41, 5.74) is 7.96. The molecule has 1 heterocycles. The zero-order valence-corrected chi connectivity index (χ0v) is 15.3. The maximum Gasteiger partial charge on any atom is 0.239 e. The Bertz CT molecular complexity index is 586. The minimum absolute atomic E-state index is 0. The molecule has 0 aliphatic rings. The Hall–Kier alpha value is -1.24. The number of hydrogen-bond acceptors (Lipinski definition) is 4. The van der Waals surface area contributed by atoms with E-state index in [1.807, 2.05) is 37.6 Å². The molecule has 0 aliphatic heterocycles. The summed E-state index contributed by atoms with van der Waals surface area (Å²) in [5, 5.41) is 0. The van der Waals surface area contributed by atoms with Gasteiger partial charge in [0.05, 0.1) is 17.1 Å². The highest BCUT2D eigenvalue weighted by molar-refractivity contribution is 7.98. The van der Waals surface area contributed by atoms with E-state index in [-0.39, 0.29) is 24.4 Å². The minimum Gasteiger partial charge on any atom is -0.344 e. The smallest absolute Gasteiger partial charge is 0.239 e. The van der Waals surface area contributed by atoms with Crippen molar-refractivity contribution in [1.82, 2.24) is 14.9 Å². The van der Waals surface area contributed by atoms with E-state index in [0.29, 0.717) is 6.54 Å². The van der Waals surface area contributed by atoms with Crippen molar-refractivity contribution in [1.29, 1.82) is 0 Å². The number of likely N-dealkylation sites (N-methyl/N-ethyl adjacent to an activating group) is 1. The van der Waals surface area contributed by atoms with Gasteiger partial charge in [0.15, 0.2) is 0 Å². The summed E-state index contributed by atoms with van der Waals surface area (Å²) in [6.07, 6.45) is 4.45. The lowest BCUT2D eigenvalue weighted by molar-refractivity contribution is -0.131. The average molecular weight is 357 g/mol. The molecule has 1 aromatic carbocycles. The number of H-pyrrole nitrogens is 1. The van der Waals surface area contributed by atoms with Gasteiger partial charge >= 0.3 is 0 Å². The molecule has 0 aliphatic carbocycles. The van der Waals surface area contributed by atoms with Gasteiger partial charge in [-0.1, -0.05) is 12.1 Å². The van der Waals surface area contributed by atoms with Crippen LogP contribution in [-0.4, -0.2) is 52.4 Å². The number of rotatable bonds is 8. The largest absolute Gasteiger partial charge is 0.344 e. The molecule has 5 nitrogen and oxygen atoms in total. The summed E-state index contributed by atoms with van der Waals surface area (Å²) in [4.78, 5) is 21.7. The predicted octanol–water partition coefficient (Wildman–Crippen LogP) is 2.46. The van der Waals surface area contributed by atoms with Crippen LogP contribution in [0.1, 0.15) is 18.7 Å². The number of imidazole rings is 1. The number of aromatic nitrogens is 2. The molecule has 23 heavy (non-hydrogen) atoms. The maximum atomic E-state index is 12.1. The van der Waals surface area contributed by atoms with Crippen LogP contribution >= 0.6 is 24.2 Å². The van der Waals surface area contributed by atoms with Crippen LogP contribution in [0.25, 0.3) is 11.0 Å². The minimum atomic E-state index is -0.386. The van der Waals surface area contributed by atoms with E-state index >= 15 is 0 Å². The molecule has 0 spiro atoms. The summed E-state index contributed by atoms with van der Waals surface area (Å²) in [6, 6.07) is 7.60. The van der Waals surface area contributed by atoms with E-state index in [0.717, 1.165) is 41.9 Å². The van der Waals surface area contributed by atoms with Crippen molar-refractivity contribution in [2.24, 2.45) is 5.73 Å². The highest BCUT2D eigenvalue weighted by atomic mass is 35.5. The zero-order valence-electron chi connectivity index (χ0n) is 13.6. The summed E-state index contributed by atoms with van der Waals surface area (Å²) in [5.74, 6) is 1.91. The van der Waals surface area contributed by atoms with E-state index in [9.17, 15) is 4.79 Å². The van der Waals surface area contributed by atoms with Crippen LogP contribution in [0.2, 0.25) is 0 Å². The first-order valence-electron chi connectivity index (χ1n) is 7.55. The number of carbonyl (C=O) groups is 1. The Kier molecular flexibility index (Phi) is 8.44. The lowest BCUT2D eigenvalue weighted by atomic mass is 10.2. The van der Waals surface area contributed by atoms with Crippen LogP contribution in [0.4, 0.5) is 0 Å². The summed E-state index contributed by atoms with van der Waals surface area (Å²) >= 11 is 1.71. The Morgan fingerprint density at radius 2 is 2.17 bits per heavy atom. The summed E-state index contributed by atoms with van der Waals surface area (Å²) < 4.78 is 0. The van der Waals surface area contributed by atoms with E-state index in [1.54, 1.807) is 16.7 Å². The third kappa shape index (κ3) is 5.71. The number of nitrogens with two attached hydrogens (primary N) is 1. The number of hydrogen-bond donors (Lipinski definition) is 2. The van der Waals surface area contributed by atoms with Gasteiger partial charge < -0.3 is 15.6 Å². The highest BCUT2D eigenvalue weighted by Crippen LogP contribution is 2.11. The van der Waals surface area contributed by atoms with E-state index in [2.05, 4.69) is 9.97 Å². The molecule has 3 N–H and O–H groups in total. The molecular formula is C16H25ClN4OS. The van der Waals surface area contributed by atoms with E-state index < -0.39 is 0 Å². The molecule has 1 atom stereocenters. The van der Waals surface area contributed by atoms with Gasteiger partial charge in [-0.3, -0.25) is 4.79 Å². The second kappa shape index (κ2) is 9.80. The Morgan fingerprint density at radius 3 is 2.87 bits per heavy atom. The zero-order chi connectivity index (χ0) is 15.9. The molecule has 0 saturated heterocycles. The topological polar surface area (TPSA) is 75.0 Å². The third-order valence-electron chi connectivity index (χ3n) is 3.67. The molecule has 7 heteroatoms. The predicted molar refractivity (Wildman–Crippen MR) is 100 cm³/mol. The van der Waals surface area contributed by atoms with Crippen molar-refractivity contribution < 1.29 is 4.79 Å². The van der Waals surface area contributed by atoms with E-state index in [4.69, 9.17) is 5.73 Å². The second-order valence-corrected chi connectivity index (χ2v) is 6.44. The van der Waals surface area contributed by atoms with Crippen molar-refractivity contribution in [2.45, 2.75) is 25.3 Å². The van der Waals surface area contributed by atoms with Crippen molar-refractivity contribution in [3.8, 4) is 0 Å². The van der Waals surface area contributed by atoms with Gasteiger partial charge in [-0.05, 0) is 37.0 Å². The average Bonchev–Trinajstić information content (AvgIpc) is 2.94. The molecule has 0 saturated carbocycles. The van der Waals surface area contributed by atoms with Crippen molar-refractivity contribution in [2.75, 3.05) is 25.6 Å². The van der Waals surface area contributed by atoms with Gasteiger partial charge in [0.1, 0.15) is 5.82 Å². The standard InChI is InChI=1S/C16H24N4OS.ClH/c1-20(16(21)12(17)9-11-22-2)10-5-8-15-18-13-6-3-4-7-14(13)19-15;/h3-4,6-7,12H,5,8-11,17H2,1-2H3,(H,18,19);1H. The number of carbonyl (C=O) groups excluding carboxylic acids is 1. The number of para-hydroxylation sites is 2. The molecule has 128 valence electrons. The molecule has 2 aromatic rings. The fraction of sp³-hybridized carbons (Fsp3) is 0.500. The molecule has 0 bridgehead atoms. The quantitative estimate of drug-likeness (QED) is 0.761. The fourth-order valence-corrected chi connectivity index (χ4v) is 2.86. The lowest BCUT2D eigenvalue weighted by Crippen LogP contribution is -2.42. The van der Waals surface area contributed by atoms with Gasteiger partial charge in [0.2, 0.25) is 5.91 Å². The normalized spacial score (nSPS) is 12.0. The molecule has 0 fully saturated rings. The summed E-state index contributed by atoms with van der Waals surface area (Å²) in [6.45, 7) is 0.697. The number of nitrogens with one attached hydrogen (secondary N) is 1. The number of aryl methyl sites for hydroxylation is 1. The Morgan fingerprint density at radius 1 is 1.43 bits per heavy atom. The molecule has 0 radical (unpaired) electrons. The first-order chi connectivity index (χ1) is 10.6.